The van der Waals surface area contributed by atoms with Crippen LogP contribution in [0.25, 0.3) is 0 Å². The number of carbonyl (C=O) groups excluding carboxylic acids is 2. The molecule has 0 bridgehead atoms. The van der Waals surface area contributed by atoms with E-state index in [2.05, 4.69) is 10.2 Å². The van der Waals surface area contributed by atoms with Crippen LogP contribution in [-0.2, 0) is 4.79 Å². The van der Waals surface area contributed by atoms with Gasteiger partial charge in [-0.1, -0.05) is 25.4 Å². The molecule has 2 aromatic carbocycles. The van der Waals surface area contributed by atoms with Crippen LogP contribution < -0.4 is 10.2 Å². The summed E-state index contributed by atoms with van der Waals surface area (Å²) in [7, 11) is 0. The Balaban J connectivity index is 1.61. The molecule has 1 saturated heterocycles. The highest BCUT2D eigenvalue weighted by Gasteiger charge is 2.31. The summed E-state index contributed by atoms with van der Waals surface area (Å²) < 4.78 is 0. The quantitative estimate of drug-likeness (QED) is 0.544. The Labute approximate surface area is 185 Å². The molecule has 8 nitrogen and oxygen atoms in total. The second-order valence-electron chi connectivity index (χ2n) is 7.79. The normalized spacial score (nSPS) is 15.0. The van der Waals surface area contributed by atoms with Crippen LogP contribution in [0, 0.1) is 16.0 Å². The first-order valence-corrected chi connectivity index (χ1v) is 10.5. The summed E-state index contributed by atoms with van der Waals surface area (Å²) in [6.45, 7) is 6.04. The van der Waals surface area contributed by atoms with E-state index in [0.29, 0.717) is 36.8 Å². The van der Waals surface area contributed by atoms with Gasteiger partial charge in [0, 0.05) is 54.6 Å². The molecule has 1 aliphatic rings. The highest BCUT2D eigenvalue weighted by molar-refractivity contribution is 6.30. The zero-order valence-corrected chi connectivity index (χ0v) is 18.2. The van der Waals surface area contributed by atoms with Crippen LogP contribution in [0.3, 0.4) is 0 Å². The van der Waals surface area contributed by atoms with Crippen molar-refractivity contribution < 1.29 is 14.5 Å². The molecule has 0 spiro atoms. The lowest BCUT2D eigenvalue weighted by Gasteiger charge is -2.38. The van der Waals surface area contributed by atoms with Gasteiger partial charge < -0.3 is 15.1 Å². The second kappa shape index (κ2) is 9.78. The minimum Gasteiger partial charge on any atom is -0.368 e. The first-order valence-electron chi connectivity index (χ1n) is 10.1. The molecule has 1 aliphatic heterocycles. The van der Waals surface area contributed by atoms with Gasteiger partial charge in [-0.3, -0.25) is 19.7 Å². The fourth-order valence-corrected chi connectivity index (χ4v) is 3.63. The van der Waals surface area contributed by atoms with Gasteiger partial charge in [-0.05, 0) is 42.3 Å². The van der Waals surface area contributed by atoms with Gasteiger partial charge in [-0.2, -0.15) is 0 Å². The van der Waals surface area contributed by atoms with Crippen molar-refractivity contribution in [3.8, 4) is 0 Å². The van der Waals surface area contributed by atoms with Gasteiger partial charge in [0.15, 0.2) is 0 Å². The van der Waals surface area contributed by atoms with Crippen molar-refractivity contribution in [2.24, 2.45) is 5.92 Å². The summed E-state index contributed by atoms with van der Waals surface area (Å²) in [5, 5.41) is 14.2. The van der Waals surface area contributed by atoms with E-state index in [1.54, 1.807) is 41.3 Å². The Morgan fingerprint density at radius 2 is 1.58 bits per heavy atom. The number of anilines is 1. The van der Waals surface area contributed by atoms with Crippen LogP contribution in [0.4, 0.5) is 11.4 Å². The molecule has 1 heterocycles. The van der Waals surface area contributed by atoms with Gasteiger partial charge in [0.25, 0.3) is 11.6 Å². The number of rotatable bonds is 6. The number of nitrogens with one attached hydrogen (secondary N) is 1. The third-order valence-electron chi connectivity index (χ3n) is 5.34. The maximum atomic E-state index is 13.1. The summed E-state index contributed by atoms with van der Waals surface area (Å²) in [6.07, 6.45) is 0. The molecule has 1 fully saturated rings. The van der Waals surface area contributed by atoms with Crippen LogP contribution in [0.5, 0.6) is 0 Å². The fourth-order valence-electron chi connectivity index (χ4n) is 3.51. The van der Waals surface area contributed by atoms with Gasteiger partial charge in [-0.15, -0.1) is 0 Å². The Kier molecular flexibility index (Phi) is 7.12. The molecule has 0 radical (unpaired) electrons. The molecular weight excluding hydrogens is 420 g/mol. The number of nitrogens with zero attached hydrogens (tertiary/aromatic N) is 3. The summed E-state index contributed by atoms with van der Waals surface area (Å²) >= 11 is 5.88. The summed E-state index contributed by atoms with van der Waals surface area (Å²) in [5.74, 6) is -0.495. The molecule has 2 amide bonds. The number of nitro benzene ring substituents is 1. The molecule has 2 aromatic rings. The highest BCUT2D eigenvalue weighted by atomic mass is 35.5. The monoisotopic (exact) mass is 444 g/mol. The molecule has 0 saturated carbocycles. The molecule has 1 atom stereocenters. The molecule has 1 unspecified atom stereocenters. The van der Waals surface area contributed by atoms with Crippen molar-refractivity contribution in [2.45, 2.75) is 19.9 Å². The number of piperazine rings is 1. The van der Waals surface area contributed by atoms with E-state index in [4.69, 9.17) is 11.6 Å². The molecule has 1 N–H and O–H groups in total. The van der Waals surface area contributed by atoms with E-state index in [1.165, 1.54) is 12.1 Å². The van der Waals surface area contributed by atoms with Crippen molar-refractivity contribution in [1.29, 1.82) is 0 Å². The summed E-state index contributed by atoms with van der Waals surface area (Å²) in [5.41, 5.74) is 1.38. The predicted octanol–water partition coefficient (Wildman–Crippen LogP) is 3.35. The SMILES string of the molecule is CC(C)C(NC(=O)c1ccc(Cl)cc1)C(=O)N1CCN(c2ccc([N+](=O)[O-])cc2)CC1. The van der Waals surface area contributed by atoms with Gasteiger partial charge in [0.05, 0.1) is 4.92 Å². The van der Waals surface area contributed by atoms with Crippen molar-refractivity contribution in [3.05, 3.63) is 69.2 Å². The zero-order valence-electron chi connectivity index (χ0n) is 17.5. The minimum absolute atomic E-state index is 0.0498. The van der Waals surface area contributed by atoms with E-state index in [9.17, 15) is 19.7 Å². The van der Waals surface area contributed by atoms with Crippen LogP contribution in [0.15, 0.2) is 48.5 Å². The lowest BCUT2D eigenvalue weighted by atomic mass is 10.0. The van der Waals surface area contributed by atoms with Crippen molar-refractivity contribution in [2.75, 3.05) is 31.1 Å². The van der Waals surface area contributed by atoms with Gasteiger partial charge in [-0.25, -0.2) is 0 Å². The molecular formula is C22H25ClN4O4. The summed E-state index contributed by atoms with van der Waals surface area (Å²) in [6, 6.07) is 12.3. The third kappa shape index (κ3) is 5.52. The van der Waals surface area contributed by atoms with Crippen LogP contribution in [-0.4, -0.2) is 53.9 Å². The van der Waals surface area contributed by atoms with Crippen molar-refractivity contribution >= 4 is 34.8 Å². The standard InChI is InChI=1S/C22H25ClN4O4/c1-15(2)20(24-21(28)16-3-5-17(23)6-4-16)22(29)26-13-11-25(12-14-26)18-7-9-19(10-8-18)27(30)31/h3-10,15,20H,11-14H2,1-2H3,(H,24,28). The average molecular weight is 445 g/mol. The van der Waals surface area contributed by atoms with Crippen LogP contribution >= 0.6 is 11.6 Å². The summed E-state index contributed by atoms with van der Waals surface area (Å²) in [4.78, 5) is 39.9. The van der Waals surface area contributed by atoms with E-state index < -0.39 is 11.0 Å². The van der Waals surface area contributed by atoms with Crippen molar-refractivity contribution in [1.82, 2.24) is 10.2 Å². The number of carbonyl (C=O) groups is 2. The maximum absolute atomic E-state index is 13.1. The molecule has 0 aromatic heterocycles. The Morgan fingerprint density at radius 1 is 1.00 bits per heavy atom. The molecule has 31 heavy (non-hydrogen) atoms. The Bertz CT molecular complexity index is 939. The van der Waals surface area contributed by atoms with E-state index in [0.717, 1.165) is 5.69 Å². The Hall–Kier alpha value is -3.13. The van der Waals surface area contributed by atoms with Gasteiger partial charge >= 0.3 is 0 Å². The third-order valence-corrected chi connectivity index (χ3v) is 5.59. The number of nitro groups is 1. The zero-order chi connectivity index (χ0) is 22.5. The van der Waals surface area contributed by atoms with Crippen LogP contribution in [0.2, 0.25) is 5.02 Å². The van der Waals surface area contributed by atoms with Crippen molar-refractivity contribution in [3.63, 3.8) is 0 Å². The number of amides is 2. The van der Waals surface area contributed by atoms with E-state index in [-0.39, 0.29) is 23.4 Å². The Morgan fingerprint density at radius 3 is 2.10 bits per heavy atom. The second-order valence-corrected chi connectivity index (χ2v) is 8.22. The molecule has 9 heteroatoms. The van der Waals surface area contributed by atoms with E-state index in [1.807, 2.05) is 13.8 Å². The topological polar surface area (TPSA) is 95.8 Å². The number of non-ortho nitro benzene ring substituents is 1. The molecule has 164 valence electrons. The van der Waals surface area contributed by atoms with Gasteiger partial charge in [0.2, 0.25) is 5.91 Å². The lowest BCUT2D eigenvalue weighted by Crippen LogP contribution is -2.56. The first kappa shape index (κ1) is 22.6. The van der Waals surface area contributed by atoms with E-state index >= 15 is 0 Å². The molecule has 0 aliphatic carbocycles. The largest absolute Gasteiger partial charge is 0.368 e. The minimum atomic E-state index is -0.630. The smallest absolute Gasteiger partial charge is 0.269 e. The number of hydrogen-bond donors (Lipinski definition) is 1. The van der Waals surface area contributed by atoms with Crippen LogP contribution in [0.1, 0.15) is 24.2 Å². The fraction of sp³-hybridized carbons (Fsp3) is 0.364. The average Bonchev–Trinajstić information content (AvgIpc) is 2.77. The maximum Gasteiger partial charge on any atom is 0.269 e. The molecule has 3 rings (SSSR count). The predicted molar refractivity (Wildman–Crippen MR) is 119 cm³/mol. The highest BCUT2D eigenvalue weighted by Crippen LogP contribution is 2.21. The lowest BCUT2D eigenvalue weighted by molar-refractivity contribution is -0.384. The first-order chi connectivity index (χ1) is 14.8. The van der Waals surface area contributed by atoms with Gasteiger partial charge in [0.1, 0.15) is 6.04 Å². The number of hydrogen-bond acceptors (Lipinski definition) is 5. The number of halogens is 1. The number of benzene rings is 2.